The molecule has 0 unspecified atom stereocenters. The van der Waals surface area contributed by atoms with Gasteiger partial charge in [0.2, 0.25) is 5.91 Å². The van der Waals surface area contributed by atoms with Crippen LogP contribution in [0.2, 0.25) is 0 Å². The molecular formula is C13H16N2O2. The van der Waals surface area contributed by atoms with Crippen molar-refractivity contribution in [2.24, 2.45) is 5.92 Å². The summed E-state index contributed by atoms with van der Waals surface area (Å²) >= 11 is 0. The molecule has 2 atom stereocenters. The number of rotatable bonds is 2. The molecule has 4 heteroatoms. The van der Waals surface area contributed by atoms with E-state index >= 15 is 0 Å². The van der Waals surface area contributed by atoms with Crippen molar-refractivity contribution in [3.63, 3.8) is 0 Å². The van der Waals surface area contributed by atoms with Crippen LogP contribution < -0.4 is 10.6 Å². The smallest absolute Gasteiger partial charge is 0.226 e. The minimum absolute atomic E-state index is 0.0458. The summed E-state index contributed by atoms with van der Waals surface area (Å²) in [5.74, 6) is 0.111. The molecule has 1 fully saturated rings. The van der Waals surface area contributed by atoms with Crippen molar-refractivity contribution >= 4 is 5.91 Å². The van der Waals surface area contributed by atoms with Crippen molar-refractivity contribution in [2.75, 3.05) is 13.1 Å². The predicted octanol–water partition coefficient (Wildman–Crippen LogP) is -0.0197. The average Bonchev–Trinajstić information content (AvgIpc) is 2.53. The standard InChI is InChI=1S/C13H16N2O2/c16-11-5-8-3-1-2-4-10(8)12(11)15-13(17)9-6-14-7-9/h1-4,9,11-12,14,16H,5-7H2,(H,15,17)/t11-,12+/m1/s1. The lowest BCUT2D eigenvalue weighted by Crippen LogP contribution is -2.52. The first kappa shape index (κ1) is 10.7. The molecule has 1 aliphatic heterocycles. The third kappa shape index (κ3) is 1.83. The van der Waals surface area contributed by atoms with Crippen molar-refractivity contribution in [1.29, 1.82) is 0 Å². The Bertz CT molecular complexity index is 443. The van der Waals surface area contributed by atoms with E-state index < -0.39 is 6.10 Å². The fraction of sp³-hybridized carbons (Fsp3) is 0.462. The second-order valence-corrected chi connectivity index (χ2v) is 4.81. The van der Waals surface area contributed by atoms with E-state index in [0.717, 1.165) is 24.2 Å². The highest BCUT2D eigenvalue weighted by atomic mass is 16.3. The van der Waals surface area contributed by atoms with Gasteiger partial charge in [0.15, 0.2) is 0 Å². The van der Waals surface area contributed by atoms with Crippen LogP contribution in [0.3, 0.4) is 0 Å². The molecule has 1 aliphatic carbocycles. The highest BCUT2D eigenvalue weighted by Gasteiger charge is 2.34. The van der Waals surface area contributed by atoms with E-state index in [2.05, 4.69) is 10.6 Å². The van der Waals surface area contributed by atoms with Crippen molar-refractivity contribution < 1.29 is 9.90 Å². The normalized spacial score (nSPS) is 27.4. The molecule has 1 aromatic rings. The molecule has 0 spiro atoms. The molecule has 1 heterocycles. The summed E-state index contributed by atoms with van der Waals surface area (Å²) in [7, 11) is 0. The van der Waals surface area contributed by atoms with Gasteiger partial charge in [-0.15, -0.1) is 0 Å². The zero-order valence-corrected chi connectivity index (χ0v) is 9.52. The maximum atomic E-state index is 11.9. The topological polar surface area (TPSA) is 61.4 Å². The monoisotopic (exact) mass is 232 g/mol. The molecule has 0 bridgehead atoms. The van der Waals surface area contributed by atoms with Crippen LogP contribution in [0.15, 0.2) is 24.3 Å². The lowest BCUT2D eigenvalue weighted by atomic mass is 10.0. The molecule has 17 heavy (non-hydrogen) atoms. The first-order valence-corrected chi connectivity index (χ1v) is 6.02. The maximum absolute atomic E-state index is 11.9. The molecule has 1 saturated heterocycles. The Morgan fingerprint density at radius 1 is 1.35 bits per heavy atom. The molecule has 1 amide bonds. The molecule has 1 aromatic carbocycles. The Kier molecular flexibility index (Phi) is 2.61. The van der Waals surface area contributed by atoms with Crippen LogP contribution in [0.4, 0.5) is 0 Å². The van der Waals surface area contributed by atoms with Crippen molar-refractivity contribution in [1.82, 2.24) is 10.6 Å². The third-order valence-corrected chi connectivity index (χ3v) is 3.65. The van der Waals surface area contributed by atoms with Crippen LogP contribution in [-0.2, 0) is 11.2 Å². The second kappa shape index (κ2) is 4.13. The summed E-state index contributed by atoms with van der Waals surface area (Å²) in [6, 6.07) is 7.66. The number of amides is 1. The molecule has 3 N–H and O–H groups in total. The van der Waals surface area contributed by atoms with Crippen LogP contribution in [0, 0.1) is 5.92 Å². The number of nitrogens with one attached hydrogen (secondary N) is 2. The van der Waals surface area contributed by atoms with Gasteiger partial charge in [0.1, 0.15) is 0 Å². The van der Waals surface area contributed by atoms with Crippen LogP contribution in [0.25, 0.3) is 0 Å². The van der Waals surface area contributed by atoms with Crippen LogP contribution in [0.5, 0.6) is 0 Å². The van der Waals surface area contributed by atoms with Crippen LogP contribution in [-0.4, -0.2) is 30.2 Å². The van der Waals surface area contributed by atoms with Gasteiger partial charge in [0.25, 0.3) is 0 Å². The van der Waals surface area contributed by atoms with Crippen molar-refractivity contribution in [2.45, 2.75) is 18.6 Å². The van der Waals surface area contributed by atoms with Gasteiger partial charge in [-0.05, 0) is 11.1 Å². The molecule has 2 aliphatic rings. The first-order chi connectivity index (χ1) is 8.25. The van der Waals surface area contributed by atoms with E-state index in [1.54, 1.807) is 0 Å². The van der Waals surface area contributed by atoms with Gasteiger partial charge in [-0.1, -0.05) is 24.3 Å². The summed E-state index contributed by atoms with van der Waals surface area (Å²) in [4.78, 5) is 11.9. The van der Waals surface area contributed by atoms with Gasteiger partial charge < -0.3 is 15.7 Å². The van der Waals surface area contributed by atoms with E-state index in [0.29, 0.717) is 6.42 Å². The zero-order valence-electron chi connectivity index (χ0n) is 9.52. The Morgan fingerprint density at radius 3 is 2.82 bits per heavy atom. The highest BCUT2D eigenvalue weighted by Crippen LogP contribution is 2.31. The van der Waals surface area contributed by atoms with E-state index in [9.17, 15) is 9.90 Å². The lowest BCUT2D eigenvalue weighted by Gasteiger charge is -2.28. The quantitative estimate of drug-likeness (QED) is 0.671. The number of aliphatic hydroxyl groups excluding tert-OH is 1. The Labute approximate surface area is 100 Å². The predicted molar refractivity (Wildman–Crippen MR) is 63.4 cm³/mol. The number of benzene rings is 1. The summed E-state index contributed by atoms with van der Waals surface area (Å²) in [5.41, 5.74) is 2.19. The maximum Gasteiger partial charge on any atom is 0.226 e. The minimum atomic E-state index is -0.496. The number of carbonyl (C=O) groups excluding carboxylic acids is 1. The fourth-order valence-corrected chi connectivity index (χ4v) is 2.49. The van der Waals surface area contributed by atoms with E-state index in [1.165, 1.54) is 0 Å². The van der Waals surface area contributed by atoms with Gasteiger partial charge in [-0.25, -0.2) is 0 Å². The van der Waals surface area contributed by atoms with Gasteiger partial charge in [-0.3, -0.25) is 4.79 Å². The molecule has 0 saturated carbocycles. The van der Waals surface area contributed by atoms with Gasteiger partial charge in [-0.2, -0.15) is 0 Å². The number of hydrogen-bond donors (Lipinski definition) is 3. The number of carbonyl (C=O) groups is 1. The van der Waals surface area contributed by atoms with E-state index in [4.69, 9.17) is 0 Å². The third-order valence-electron chi connectivity index (χ3n) is 3.65. The van der Waals surface area contributed by atoms with Crippen molar-refractivity contribution in [3.8, 4) is 0 Å². The number of hydrogen-bond acceptors (Lipinski definition) is 3. The van der Waals surface area contributed by atoms with Crippen LogP contribution >= 0.6 is 0 Å². The summed E-state index contributed by atoms with van der Waals surface area (Å²) in [6.45, 7) is 1.49. The Balaban J connectivity index is 1.76. The SMILES string of the molecule is O=C(N[C@H]1c2ccccc2C[C@H]1O)C1CNC1. The summed E-state index contributed by atoms with van der Waals surface area (Å²) in [6.07, 6.45) is 0.133. The molecule has 3 rings (SSSR count). The molecule has 90 valence electrons. The minimum Gasteiger partial charge on any atom is -0.390 e. The molecule has 4 nitrogen and oxygen atoms in total. The first-order valence-electron chi connectivity index (χ1n) is 6.02. The lowest BCUT2D eigenvalue weighted by molar-refractivity contribution is -0.127. The van der Waals surface area contributed by atoms with E-state index in [-0.39, 0.29) is 17.9 Å². The Morgan fingerprint density at radius 2 is 2.12 bits per heavy atom. The molecule has 0 radical (unpaired) electrons. The van der Waals surface area contributed by atoms with E-state index in [1.807, 2.05) is 24.3 Å². The average molecular weight is 232 g/mol. The van der Waals surface area contributed by atoms with Gasteiger partial charge in [0.05, 0.1) is 18.1 Å². The zero-order chi connectivity index (χ0) is 11.8. The second-order valence-electron chi connectivity index (χ2n) is 4.81. The van der Waals surface area contributed by atoms with Crippen LogP contribution in [0.1, 0.15) is 17.2 Å². The fourth-order valence-electron chi connectivity index (χ4n) is 2.49. The highest BCUT2D eigenvalue weighted by molar-refractivity contribution is 5.80. The number of fused-ring (bicyclic) bond motifs is 1. The molecular weight excluding hydrogens is 216 g/mol. The summed E-state index contributed by atoms with van der Waals surface area (Å²) < 4.78 is 0. The van der Waals surface area contributed by atoms with Gasteiger partial charge >= 0.3 is 0 Å². The number of aliphatic hydroxyl groups is 1. The summed E-state index contributed by atoms with van der Waals surface area (Å²) in [5, 5.41) is 16.0. The van der Waals surface area contributed by atoms with Crippen molar-refractivity contribution in [3.05, 3.63) is 35.4 Å². The largest absolute Gasteiger partial charge is 0.390 e. The van der Waals surface area contributed by atoms with Gasteiger partial charge in [0, 0.05) is 19.5 Å². The molecule has 0 aromatic heterocycles. The Hall–Kier alpha value is -1.39.